The first-order chi connectivity index (χ1) is 6.49. The lowest BCUT2D eigenvalue weighted by Crippen LogP contribution is -2.04. The molecule has 0 bridgehead atoms. The Morgan fingerprint density at radius 1 is 1.21 bits per heavy atom. The first-order valence-corrected chi connectivity index (χ1v) is 3.93. The van der Waals surface area contributed by atoms with Gasteiger partial charge in [-0.15, -0.1) is 0 Å². The second-order valence-electron chi connectivity index (χ2n) is 2.62. The number of carbonyl (C=O) groups is 2. The summed E-state index contributed by atoms with van der Waals surface area (Å²) in [4.78, 5) is 20.8. The number of rotatable bonds is 6. The maximum absolute atomic E-state index is 10.5. The van der Waals surface area contributed by atoms with E-state index in [9.17, 15) is 9.59 Å². The molecule has 0 heterocycles. The van der Waals surface area contributed by atoms with Crippen LogP contribution in [0.2, 0.25) is 0 Å². The summed E-state index contributed by atoms with van der Waals surface area (Å²) in [5, 5.41) is 25.6. The number of aliphatic hydroxyl groups excluding tert-OH is 1. The third-order valence-electron chi connectivity index (χ3n) is 1.55. The van der Waals surface area contributed by atoms with E-state index in [4.69, 9.17) is 15.3 Å². The highest BCUT2D eigenvalue weighted by Crippen LogP contribution is 2.07. The Hall–Kier alpha value is -1.62. The average molecular weight is 200 g/mol. The zero-order valence-electron chi connectivity index (χ0n) is 7.56. The molecule has 0 saturated heterocycles. The van der Waals surface area contributed by atoms with Crippen LogP contribution in [0.15, 0.2) is 23.8 Å². The minimum atomic E-state index is -1.16. The Bertz CT molecular complexity index is 277. The topological polar surface area (TPSA) is 94.8 Å². The number of carboxylic acids is 2. The lowest BCUT2D eigenvalue weighted by atomic mass is 10.1. The van der Waals surface area contributed by atoms with Crippen molar-refractivity contribution >= 4 is 11.9 Å². The summed E-state index contributed by atoms with van der Waals surface area (Å²) in [6.07, 6.45) is 1.22. The van der Waals surface area contributed by atoms with Gasteiger partial charge in [-0.25, -0.2) is 9.59 Å². The van der Waals surface area contributed by atoms with Gasteiger partial charge >= 0.3 is 11.9 Å². The summed E-state index contributed by atoms with van der Waals surface area (Å²) >= 11 is 0. The first-order valence-electron chi connectivity index (χ1n) is 3.93. The normalized spacial score (nSPS) is 11.1. The van der Waals surface area contributed by atoms with Crippen LogP contribution in [0.1, 0.15) is 12.8 Å². The monoisotopic (exact) mass is 200 g/mol. The first kappa shape index (κ1) is 12.4. The van der Waals surface area contributed by atoms with Crippen LogP contribution in [0.25, 0.3) is 0 Å². The minimum absolute atomic E-state index is 0.00221. The molecule has 0 amide bonds. The second kappa shape index (κ2) is 5.93. The molecule has 0 atom stereocenters. The number of aliphatic hydroxyl groups is 1. The molecule has 0 spiro atoms. The van der Waals surface area contributed by atoms with Crippen LogP contribution in [0.3, 0.4) is 0 Å². The van der Waals surface area contributed by atoms with Gasteiger partial charge in [0, 0.05) is 24.2 Å². The lowest BCUT2D eigenvalue weighted by molar-refractivity contribution is -0.134. The van der Waals surface area contributed by atoms with E-state index in [2.05, 4.69) is 6.58 Å². The summed E-state index contributed by atoms with van der Waals surface area (Å²) in [6.45, 7) is 2.97. The van der Waals surface area contributed by atoms with Gasteiger partial charge in [-0.3, -0.25) is 0 Å². The van der Waals surface area contributed by atoms with Crippen molar-refractivity contribution in [3.05, 3.63) is 23.8 Å². The minimum Gasteiger partial charge on any atom is -0.478 e. The largest absolute Gasteiger partial charge is 0.478 e. The Morgan fingerprint density at radius 3 is 2.14 bits per heavy atom. The lowest BCUT2D eigenvalue weighted by Gasteiger charge is -1.99. The molecule has 14 heavy (non-hydrogen) atoms. The van der Waals surface area contributed by atoms with E-state index in [1.807, 2.05) is 0 Å². The molecule has 0 aromatic rings. The molecule has 0 aromatic carbocycles. The molecule has 0 aromatic heterocycles. The summed E-state index contributed by atoms with van der Waals surface area (Å²) in [6, 6.07) is 0. The molecule has 0 saturated carbocycles. The highest BCUT2D eigenvalue weighted by molar-refractivity contribution is 5.88. The smallest absolute Gasteiger partial charge is 0.331 e. The van der Waals surface area contributed by atoms with E-state index in [0.29, 0.717) is 0 Å². The molecule has 5 nitrogen and oxygen atoms in total. The van der Waals surface area contributed by atoms with E-state index in [0.717, 1.165) is 0 Å². The van der Waals surface area contributed by atoms with Crippen molar-refractivity contribution in [2.45, 2.75) is 12.8 Å². The SMILES string of the molecule is C=C(CC=C(CCO)C(=O)O)C(=O)O. The van der Waals surface area contributed by atoms with Gasteiger partial charge in [-0.2, -0.15) is 0 Å². The van der Waals surface area contributed by atoms with Crippen LogP contribution in [0, 0.1) is 0 Å². The maximum atomic E-state index is 10.5. The number of aliphatic carboxylic acids is 2. The number of hydrogen-bond acceptors (Lipinski definition) is 3. The standard InChI is InChI=1S/C9H12O5/c1-6(8(11)12)2-3-7(4-5-10)9(13)14/h3,10H,1-2,4-5H2,(H,11,12)(H,13,14). The second-order valence-corrected chi connectivity index (χ2v) is 2.62. The van der Waals surface area contributed by atoms with Crippen LogP contribution in [0.4, 0.5) is 0 Å². The molecule has 0 rings (SSSR count). The van der Waals surface area contributed by atoms with Crippen LogP contribution in [-0.4, -0.2) is 33.9 Å². The summed E-state index contributed by atoms with van der Waals surface area (Å²) in [7, 11) is 0. The molecule has 0 aliphatic carbocycles. The third-order valence-corrected chi connectivity index (χ3v) is 1.55. The van der Waals surface area contributed by atoms with E-state index >= 15 is 0 Å². The number of hydrogen-bond donors (Lipinski definition) is 3. The van der Waals surface area contributed by atoms with Gasteiger partial charge in [0.15, 0.2) is 0 Å². The predicted molar refractivity (Wildman–Crippen MR) is 48.8 cm³/mol. The zero-order valence-corrected chi connectivity index (χ0v) is 7.56. The highest BCUT2D eigenvalue weighted by atomic mass is 16.4. The van der Waals surface area contributed by atoms with Crippen LogP contribution in [-0.2, 0) is 9.59 Å². The fourth-order valence-electron chi connectivity index (χ4n) is 0.750. The highest BCUT2D eigenvalue weighted by Gasteiger charge is 2.07. The molecular formula is C9H12O5. The molecular weight excluding hydrogens is 188 g/mol. The van der Waals surface area contributed by atoms with Crippen LogP contribution >= 0.6 is 0 Å². The Labute approximate surface area is 81.0 Å². The van der Waals surface area contributed by atoms with Gasteiger partial charge < -0.3 is 15.3 Å². The van der Waals surface area contributed by atoms with Crippen molar-refractivity contribution in [3.63, 3.8) is 0 Å². The molecule has 0 aliphatic rings. The Morgan fingerprint density at radius 2 is 1.79 bits per heavy atom. The van der Waals surface area contributed by atoms with E-state index < -0.39 is 11.9 Å². The van der Waals surface area contributed by atoms with E-state index in [1.165, 1.54) is 6.08 Å². The number of allylic oxidation sites excluding steroid dienone is 1. The third kappa shape index (κ3) is 4.42. The van der Waals surface area contributed by atoms with Crippen LogP contribution in [0.5, 0.6) is 0 Å². The Kier molecular flexibility index (Phi) is 5.24. The fraction of sp³-hybridized carbons (Fsp3) is 0.333. The molecule has 0 unspecified atom stereocenters. The fourth-order valence-corrected chi connectivity index (χ4v) is 0.750. The van der Waals surface area contributed by atoms with Crippen molar-refractivity contribution in [2.24, 2.45) is 0 Å². The molecule has 0 fully saturated rings. The molecule has 0 radical (unpaired) electrons. The Balaban J connectivity index is 4.37. The van der Waals surface area contributed by atoms with Gasteiger partial charge in [-0.05, 0) is 6.42 Å². The number of carboxylic acid groups (broad SMARTS) is 2. The van der Waals surface area contributed by atoms with Gasteiger partial charge in [0.1, 0.15) is 0 Å². The van der Waals surface area contributed by atoms with Crippen molar-refractivity contribution in [2.75, 3.05) is 6.61 Å². The average Bonchev–Trinajstić information content (AvgIpc) is 2.10. The van der Waals surface area contributed by atoms with Gasteiger partial charge in [0.25, 0.3) is 0 Å². The summed E-state index contributed by atoms with van der Waals surface area (Å²) in [5.41, 5.74) is -0.0865. The summed E-state index contributed by atoms with van der Waals surface area (Å²) in [5.74, 6) is -2.31. The van der Waals surface area contributed by atoms with E-state index in [-0.39, 0.29) is 30.6 Å². The van der Waals surface area contributed by atoms with Crippen molar-refractivity contribution < 1.29 is 24.9 Å². The molecule has 3 N–H and O–H groups in total. The van der Waals surface area contributed by atoms with Crippen molar-refractivity contribution in [3.8, 4) is 0 Å². The molecule has 78 valence electrons. The van der Waals surface area contributed by atoms with Gasteiger partial charge in [0.05, 0.1) is 0 Å². The van der Waals surface area contributed by atoms with Gasteiger partial charge in [0.2, 0.25) is 0 Å². The predicted octanol–water partition coefficient (Wildman–Crippen LogP) is 0.411. The van der Waals surface area contributed by atoms with E-state index in [1.54, 1.807) is 0 Å². The molecule has 0 aliphatic heterocycles. The van der Waals surface area contributed by atoms with Crippen molar-refractivity contribution in [1.29, 1.82) is 0 Å². The quantitative estimate of drug-likeness (QED) is 0.540. The maximum Gasteiger partial charge on any atom is 0.331 e. The van der Waals surface area contributed by atoms with Crippen molar-refractivity contribution in [1.82, 2.24) is 0 Å². The van der Waals surface area contributed by atoms with Crippen LogP contribution < -0.4 is 0 Å². The summed E-state index contributed by atoms with van der Waals surface area (Å²) < 4.78 is 0. The molecule has 5 heteroatoms. The zero-order chi connectivity index (χ0) is 11.1. The van der Waals surface area contributed by atoms with Gasteiger partial charge in [-0.1, -0.05) is 12.7 Å².